The molecule has 0 aliphatic carbocycles. The molecule has 0 fully saturated rings. The Hall–Kier alpha value is -1.19. The van der Waals surface area contributed by atoms with Gasteiger partial charge in [-0.15, -0.1) is 0 Å². The van der Waals surface area contributed by atoms with Crippen molar-refractivity contribution in [1.82, 2.24) is 5.32 Å². The summed E-state index contributed by atoms with van der Waals surface area (Å²) < 4.78 is 14.8. The van der Waals surface area contributed by atoms with Crippen LogP contribution in [0.1, 0.15) is 36.9 Å². The number of rotatable bonds is 7. The Morgan fingerprint density at radius 1 is 1.14 bits per heavy atom. The zero-order valence-corrected chi connectivity index (χ0v) is 13.9. The van der Waals surface area contributed by atoms with Gasteiger partial charge in [0.15, 0.2) is 0 Å². The van der Waals surface area contributed by atoms with E-state index in [2.05, 4.69) is 52.4 Å². The third-order valence-corrected chi connectivity index (χ3v) is 4.05. The predicted molar refractivity (Wildman–Crippen MR) is 89.9 cm³/mol. The topological polar surface area (TPSA) is 12.0 Å². The molecule has 0 heterocycles. The lowest BCUT2D eigenvalue weighted by molar-refractivity contribution is 0.492. The summed E-state index contributed by atoms with van der Waals surface area (Å²) in [5.74, 6) is -0.125. The van der Waals surface area contributed by atoms with Gasteiger partial charge in [0, 0.05) is 10.5 Å². The van der Waals surface area contributed by atoms with E-state index in [1.54, 1.807) is 6.07 Å². The molecule has 0 aromatic heterocycles. The number of hydrogen-bond acceptors (Lipinski definition) is 1. The summed E-state index contributed by atoms with van der Waals surface area (Å²) in [6, 6.07) is 15.8. The van der Waals surface area contributed by atoms with Gasteiger partial charge in [-0.25, -0.2) is 4.39 Å². The molecule has 0 aliphatic heterocycles. The van der Waals surface area contributed by atoms with E-state index in [-0.39, 0.29) is 11.9 Å². The van der Waals surface area contributed by atoms with E-state index in [9.17, 15) is 4.39 Å². The van der Waals surface area contributed by atoms with Gasteiger partial charge >= 0.3 is 0 Å². The first-order valence-corrected chi connectivity index (χ1v) is 8.22. The lowest BCUT2D eigenvalue weighted by atomic mass is 9.98. The summed E-state index contributed by atoms with van der Waals surface area (Å²) in [6.07, 6.45) is 2.70. The smallest absolute Gasteiger partial charge is 0.126 e. The molecule has 21 heavy (non-hydrogen) atoms. The van der Waals surface area contributed by atoms with Crippen LogP contribution in [0.25, 0.3) is 0 Å². The summed E-state index contributed by atoms with van der Waals surface area (Å²) in [5, 5.41) is 3.56. The molecule has 2 rings (SSSR count). The van der Waals surface area contributed by atoms with Gasteiger partial charge in [0.05, 0.1) is 0 Å². The first kappa shape index (κ1) is 16.2. The monoisotopic (exact) mass is 349 g/mol. The zero-order chi connectivity index (χ0) is 15.1. The molecule has 0 radical (unpaired) electrons. The van der Waals surface area contributed by atoms with Crippen LogP contribution in [-0.2, 0) is 6.42 Å². The van der Waals surface area contributed by atoms with Crippen LogP contribution in [0.15, 0.2) is 53.0 Å². The average Bonchev–Trinajstić information content (AvgIpc) is 2.51. The molecule has 0 amide bonds. The number of halogens is 2. The molecular formula is C18H21BrFN. The third kappa shape index (κ3) is 4.94. The maximum Gasteiger partial charge on any atom is 0.126 e. The highest BCUT2D eigenvalue weighted by Crippen LogP contribution is 2.22. The molecular weight excluding hydrogens is 329 g/mol. The molecule has 1 atom stereocenters. The predicted octanol–water partition coefficient (Wildman–Crippen LogP) is 5.26. The van der Waals surface area contributed by atoms with Gasteiger partial charge in [0.2, 0.25) is 0 Å². The fourth-order valence-electron chi connectivity index (χ4n) is 2.43. The Morgan fingerprint density at radius 2 is 1.90 bits per heavy atom. The van der Waals surface area contributed by atoms with Gasteiger partial charge in [-0.2, -0.15) is 0 Å². The highest BCUT2D eigenvalue weighted by Gasteiger charge is 2.12. The van der Waals surface area contributed by atoms with Crippen molar-refractivity contribution in [1.29, 1.82) is 0 Å². The molecule has 0 bridgehead atoms. The Balaban J connectivity index is 2.07. The average molecular weight is 350 g/mol. The SMILES string of the molecule is CCCNC(CCc1cc(Br)ccc1F)c1ccccc1. The molecule has 0 spiro atoms. The standard InChI is InChI=1S/C18H21BrFN/c1-2-12-21-18(14-6-4-3-5-7-14)11-8-15-13-16(19)9-10-17(15)20/h3-7,9-10,13,18,21H,2,8,11-12H2,1H3. The Morgan fingerprint density at radius 3 is 2.62 bits per heavy atom. The largest absolute Gasteiger partial charge is 0.310 e. The van der Waals surface area contributed by atoms with Crippen molar-refractivity contribution in [3.63, 3.8) is 0 Å². The first-order valence-electron chi connectivity index (χ1n) is 7.43. The maximum atomic E-state index is 13.8. The van der Waals surface area contributed by atoms with Gasteiger partial charge in [-0.05, 0) is 55.1 Å². The number of benzene rings is 2. The summed E-state index contributed by atoms with van der Waals surface area (Å²) >= 11 is 3.41. The molecule has 0 saturated heterocycles. The van der Waals surface area contributed by atoms with Crippen LogP contribution < -0.4 is 5.32 Å². The van der Waals surface area contributed by atoms with Crippen LogP contribution in [0.3, 0.4) is 0 Å². The van der Waals surface area contributed by atoms with E-state index in [0.29, 0.717) is 0 Å². The van der Waals surface area contributed by atoms with E-state index in [4.69, 9.17) is 0 Å². The van der Waals surface area contributed by atoms with E-state index in [1.165, 1.54) is 11.6 Å². The molecule has 2 aromatic carbocycles. The Kier molecular flexibility index (Phi) is 6.40. The molecule has 0 saturated carbocycles. The lowest BCUT2D eigenvalue weighted by Gasteiger charge is -2.19. The fourth-order valence-corrected chi connectivity index (χ4v) is 2.83. The zero-order valence-electron chi connectivity index (χ0n) is 12.3. The Labute approximate surface area is 134 Å². The minimum Gasteiger partial charge on any atom is -0.310 e. The van der Waals surface area contributed by atoms with Gasteiger partial charge in [0.1, 0.15) is 5.82 Å². The van der Waals surface area contributed by atoms with E-state index in [1.807, 2.05) is 12.1 Å². The van der Waals surface area contributed by atoms with Crippen LogP contribution in [-0.4, -0.2) is 6.54 Å². The van der Waals surface area contributed by atoms with Gasteiger partial charge < -0.3 is 5.32 Å². The minimum absolute atomic E-state index is 0.125. The molecule has 2 aromatic rings. The summed E-state index contributed by atoms with van der Waals surface area (Å²) in [5.41, 5.74) is 2.03. The van der Waals surface area contributed by atoms with Crippen molar-refractivity contribution < 1.29 is 4.39 Å². The van der Waals surface area contributed by atoms with Crippen LogP contribution in [0.5, 0.6) is 0 Å². The minimum atomic E-state index is -0.125. The molecule has 1 unspecified atom stereocenters. The van der Waals surface area contributed by atoms with Crippen molar-refractivity contribution in [2.75, 3.05) is 6.54 Å². The van der Waals surface area contributed by atoms with Gasteiger partial charge in [-0.1, -0.05) is 53.2 Å². The van der Waals surface area contributed by atoms with Gasteiger partial charge in [0.25, 0.3) is 0 Å². The molecule has 1 nitrogen and oxygen atoms in total. The molecule has 112 valence electrons. The second-order valence-corrected chi connectivity index (χ2v) is 6.11. The van der Waals surface area contributed by atoms with E-state index < -0.39 is 0 Å². The fraction of sp³-hybridized carbons (Fsp3) is 0.333. The highest BCUT2D eigenvalue weighted by atomic mass is 79.9. The van der Waals surface area contributed by atoms with Crippen molar-refractivity contribution in [3.8, 4) is 0 Å². The van der Waals surface area contributed by atoms with Crippen LogP contribution in [0.4, 0.5) is 4.39 Å². The van der Waals surface area contributed by atoms with Crippen molar-refractivity contribution in [2.45, 2.75) is 32.2 Å². The molecule has 1 N–H and O–H groups in total. The second-order valence-electron chi connectivity index (χ2n) is 5.19. The van der Waals surface area contributed by atoms with Crippen LogP contribution >= 0.6 is 15.9 Å². The number of hydrogen-bond donors (Lipinski definition) is 1. The van der Waals surface area contributed by atoms with Crippen LogP contribution in [0.2, 0.25) is 0 Å². The summed E-state index contributed by atoms with van der Waals surface area (Å²) in [4.78, 5) is 0. The lowest BCUT2D eigenvalue weighted by Crippen LogP contribution is -2.22. The van der Waals surface area contributed by atoms with E-state index >= 15 is 0 Å². The maximum absolute atomic E-state index is 13.8. The van der Waals surface area contributed by atoms with Crippen LogP contribution in [0, 0.1) is 5.82 Å². The molecule has 3 heteroatoms. The first-order chi connectivity index (χ1) is 10.2. The normalized spacial score (nSPS) is 12.3. The third-order valence-electron chi connectivity index (χ3n) is 3.55. The van der Waals surface area contributed by atoms with Crippen molar-refractivity contribution in [2.24, 2.45) is 0 Å². The Bertz CT molecular complexity index is 556. The quantitative estimate of drug-likeness (QED) is 0.718. The van der Waals surface area contributed by atoms with Crippen molar-refractivity contribution in [3.05, 3.63) is 69.9 Å². The summed E-state index contributed by atoms with van der Waals surface area (Å²) in [7, 11) is 0. The summed E-state index contributed by atoms with van der Waals surface area (Å²) in [6.45, 7) is 3.13. The number of nitrogens with one attached hydrogen (secondary N) is 1. The highest BCUT2D eigenvalue weighted by molar-refractivity contribution is 9.10. The number of aryl methyl sites for hydroxylation is 1. The molecule has 0 aliphatic rings. The van der Waals surface area contributed by atoms with Crippen molar-refractivity contribution >= 4 is 15.9 Å². The van der Waals surface area contributed by atoms with E-state index in [0.717, 1.165) is 35.8 Å². The second kappa shape index (κ2) is 8.30. The van der Waals surface area contributed by atoms with Gasteiger partial charge in [-0.3, -0.25) is 0 Å².